The highest BCUT2D eigenvalue weighted by Crippen LogP contribution is 2.28. The lowest BCUT2D eigenvalue weighted by molar-refractivity contribution is 0.0697. The maximum Gasteiger partial charge on any atom is 0.337 e. The zero-order chi connectivity index (χ0) is 20.4. The molecule has 0 amide bonds. The first-order valence-corrected chi connectivity index (χ1v) is 9.82. The number of aromatic carboxylic acids is 1. The molecule has 148 valence electrons. The molecule has 0 aliphatic carbocycles. The van der Waals surface area contributed by atoms with Crippen molar-refractivity contribution in [2.75, 3.05) is 36.4 Å². The Morgan fingerprint density at radius 1 is 1.14 bits per heavy atom. The van der Waals surface area contributed by atoms with Crippen LogP contribution < -0.4 is 10.2 Å². The van der Waals surface area contributed by atoms with Crippen LogP contribution in [0.5, 0.6) is 0 Å². The summed E-state index contributed by atoms with van der Waals surface area (Å²) in [6, 6.07) is 6.93. The van der Waals surface area contributed by atoms with Gasteiger partial charge in [-0.2, -0.15) is 0 Å². The number of nitrogens with zero attached hydrogens (tertiary/aromatic N) is 2. The van der Waals surface area contributed by atoms with E-state index in [0.717, 1.165) is 0 Å². The molecule has 0 spiro atoms. The Kier molecular flexibility index (Phi) is 6.36. The van der Waals surface area contributed by atoms with Crippen LogP contribution in [-0.2, 0) is 0 Å². The monoisotopic (exact) mass is 489 g/mol. The summed E-state index contributed by atoms with van der Waals surface area (Å²) < 4.78 is 28.6. The first kappa shape index (κ1) is 20.8. The molecule has 1 aliphatic heterocycles. The van der Waals surface area contributed by atoms with E-state index in [1.165, 1.54) is 24.3 Å². The number of hydrogen-bond donors (Lipinski definition) is 2. The minimum Gasteiger partial charge on any atom is -0.478 e. The maximum absolute atomic E-state index is 14.1. The zero-order valence-corrected chi connectivity index (χ0v) is 17.5. The SMILES string of the molecule is O=C(O)c1ccc(NC(=S)N2CCN(c3c(F)cc(Br)cc3F)CC2)cc1Cl. The van der Waals surface area contributed by atoms with Crippen molar-refractivity contribution in [3.63, 3.8) is 0 Å². The Bertz CT molecular complexity index is 916. The van der Waals surface area contributed by atoms with E-state index in [2.05, 4.69) is 21.2 Å². The molecule has 2 aromatic rings. The van der Waals surface area contributed by atoms with Crippen LogP contribution in [0.2, 0.25) is 5.02 Å². The quantitative estimate of drug-likeness (QED) is 0.614. The fourth-order valence-electron chi connectivity index (χ4n) is 2.94. The van der Waals surface area contributed by atoms with E-state index in [1.807, 2.05) is 4.90 Å². The molecule has 0 atom stereocenters. The third-order valence-corrected chi connectivity index (χ3v) is 5.45. The Labute approximate surface area is 179 Å². The molecular weight excluding hydrogens is 476 g/mol. The van der Waals surface area contributed by atoms with Gasteiger partial charge in [-0.15, -0.1) is 0 Å². The van der Waals surface area contributed by atoms with Crippen LogP contribution in [0.1, 0.15) is 10.4 Å². The molecular formula is C18H15BrClF2N3O2S. The fraction of sp³-hybridized carbons (Fsp3) is 0.222. The number of anilines is 2. The van der Waals surface area contributed by atoms with Crippen molar-refractivity contribution in [2.45, 2.75) is 0 Å². The van der Waals surface area contributed by atoms with Crippen molar-refractivity contribution in [1.82, 2.24) is 4.90 Å². The molecule has 5 nitrogen and oxygen atoms in total. The van der Waals surface area contributed by atoms with Crippen LogP contribution >= 0.6 is 39.7 Å². The summed E-state index contributed by atoms with van der Waals surface area (Å²) in [6.45, 7) is 1.75. The van der Waals surface area contributed by atoms with Crippen LogP contribution in [0.3, 0.4) is 0 Å². The summed E-state index contributed by atoms with van der Waals surface area (Å²) in [7, 11) is 0. The third-order valence-electron chi connectivity index (χ3n) is 4.32. The van der Waals surface area contributed by atoms with Gasteiger partial charge >= 0.3 is 5.97 Å². The predicted molar refractivity (Wildman–Crippen MR) is 112 cm³/mol. The van der Waals surface area contributed by atoms with Gasteiger partial charge in [-0.05, 0) is 42.5 Å². The van der Waals surface area contributed by atoms with E-state index in [-0.39, 0.29) is 16.3 Å². The van der Waals surface area contributed by atoms with Crippen LogP contribution in [0, 0.1) is 11.6 Å². The number of thiocarbonyl (C=S) groups is 1. The molecule has 0 saturated carbocycles. The molecule has 1 aliphatic rings. The fourth-order valence-corrected chi connectivity index (χ4v) is 3.90. The second-order valence-electron chi connectivity index (χ2n) is 6.12. The van der Waals surface area contributed by atoms with E-state index in [4.69, 9.17) is 28.9 Å². The van der Waals surface area contributed by atoms with Crippen molar-refractivity contribution in [3.05, 3.63) is 57.0 Å². The van der Waals surface area contributed by atoms with Crippen molar-refractivity contribution < 1.29 is 18.7 Å². The van der Waals surface area contributed by atoms with E-state index in [0.29, 0.717) is 41.5 Å². The second-order valence-corrected chi connectivity index (χ2v) is 7.83. The molecule has 28 heavy (non-hydrogen) atoms. The van der Waals surface area contributed by atoms with Gasteiger partial charge in [0.1, 0.15) is 5.69 Å². The number of nitrogens with one attached hydrogen (secondary N) is 1. The van der Waals surface area contributed by atoms with Gasteiger partial charge in [-0.1, -0.05) is 27.5 Å². The summed E-state index contributed by atoms with van der Waals surface area (Å²) >= 11 is 14.4. The maximum atomic E-state index is 14.1. The molecule has 10 heteroatoms. The standard InChI is InChI=1S/C18H15BrClF2N3O2S/c19-10-7-14(21)16(15(22)8-10)24-3-5-25(6-4-24)18(28)23-11-1-2-12(17(26)27)13(20)9-11/h1-2,7-9H,3-6H2,(H,23,28)(H,26,27). The summed E-state index contributed by atoms with van der Waals surface area (Å²) in [6.07, 6.45) is 0. The van der Waals surface area contributed by atoms with Gasteiger partial charge in [0.15, 0.2) is 16.7 Å². The number of carbonyl (C=O) groups is 1. The highest BCUT2D eigenvalue weighted by Gasteiger charge is 2.24. The van der Waals surface area contributed by atoms with Crippen molar-refractivity contribution in [3.8, 4) is 0 Å². The lowest BCUT2D eigenvalue weighted by atomic mass is 10.2. The van der Waals surface area contributed by atoms with Crippen molar-refractivity contribution in [2.24, 2.45) is 0 Å². The van der Waals surface area contributed by atoms with Crippen LogP contribution in [0.15, 0.2) is 34.8 Å². The van der Waals surface area contributed by atoms with Gasteiger partial charge < -0.3 is 20.2 Å². The molecule has 0 aromatic heterocycles. The summed E-state index contributed by atoms with van der Waals surface area (Å²) in [4.78, 5) is 14.5. The lowest BCUT2D eigenvalue weighted by Gasteiger charge is -2.37. The van der Waals surface area contributed by atoms with Gasteiger partial charge in [0.2, 0.25) is 0 Å². The molecule has 3 rings (SSSR count). The smallest absolute Gasteiger partial charge is 0.337 e. The van der Waals surface area contributed by atoms with Gasteiger partial charge in [0, 0.05) is 36.3 Å². The van der Waals surface area contributed by atoms with E-state index >= 15 is 0 Å². The van der Waals surface area contributed by atoms with Crippen molar-refractivity contribution >= 4 is 62.2 Å². The van der Waals surface area contributed by atoms with Crippen LogP contribution in [-0.4, -0.2) is 47.3 Å². The normalized spacial score (nSPS) is 14.1. The van der Waals surface area contributed by atoms with Gasteiger partial charge in [-0.25, -0.2) is 13.6 Å². The van der Waals surface area contributed by atoms with Gasteiger partial charge in [0.25, 0.3) is 0 Å². The third kappa shape index (κ3) is 4.53. The van der Waals surface area contributed by atoms with Crippen LogP contribution in [0.25, 0.3) is 0 Å². The molecule has 0 bridgehead atoms. The van der Waals surface area contributed by atoms with E-state index < -0.39 is 17.6 Å². The Balaban J connectivity index is 1.63. The molecule has 1 heterocycles. The van der Waals surface area contributed by atoms with E-state index in [9.17, 15) is 13.6 Å². The average molecular weight is 491 g/mol. The predicted octanol–water partition coefficient (Wildman–Crippen LogP) is 4.60. The molecule has 1 saturated heterocycles. The number of carboxylic acids is 1. The molecule has 1 fully saturated rings. The summed E-state index contributed by atoms with van der Waals surface area (Å²) in [5.41, 5.74) is 0.524. The largest absolute Gasteiger partial charge is 0.478 e. The second kappa shape index (κ2) is 8.59. The summed E-state index contributed by atoms with van der Waals surface area (Å²) in [5, 5.41) is 12.6. The van der Waals surface area contributed by atoms with Gasteiger partial charge in [0.05, 0.1) is 10.6 Å². The van der Waals surface area contributed by atoms with Gasteiger partial charge in [-0.3, -0.25) is 0 Å². The number of rotatable bonds is 3. The molecule has 2 N–H and O–H groups in total. The highest BCUT2D eigenvalue weighted by molar-refractivity contribution is 9.10. The Hall–Kier alpha value is -1.97. The minimum atomic E-state index is -1.11. The number of hydrogen-bond acceptors (Lipinski definition) is 3. The summed E-state index contributed by atoms with van der Waals surface area (Å²) in [5.74, 6) is -2.34. The number of carboxylic acid groups (broad SMARTS) is 1. The van der Waals surface area contributed by atoms with Crippen LogP contribution in [0.4, 0.5) is 20.2 Å². The van der Waals surface area contributed by atoms with E-state index in [1.54, 1.807) is 11.0 Å². The molecule has 0 unspecified atom stereocenters. The number of benzene rings is 2. The topological polar surface area (TPSA) is 55.8 Å². The zero-order valence-electron chi connectivity index (χ0n) is 14.4. The first-order valence-electron chi connectivity index (χ1n) is 8.24. The first-order chi connectivity index (χ1) is 13.3. The Morgan fingerprint density at radius 3 is 2.29 bits per heavy atom. The highest BCUT2D eigenvalue weighted by atomic mass is 79.9. The minimum absolute atomic E-state index is 0.00491. The average Bonchev–Trinajstić information content (AvgIpc) is 2.61. The number of halogens is 4. The molecule has 2 aromatic carbocycles. The molecule has 0 radical (unpaired) electrons. The number of piperazine rings is 1. The van der Waals surface area contributed by atoms with Crippen molar-refractivity contribution in [1.29, 1.82) is 0 Å². The Morgan fingerprint density at radius 2 is 1.75 bits per heavy atom. The lowest BCUT2D eigenvalue weighted by Crippen LogP contribution is -2.50.